The minimum Gasteiger partial charge on any atom is -0.314 e. The summed E-state index contributed by atoms with van der Waals surface area (Å²) in [5.74, 6) is 0.400. The molecule has 0 saturated carbocycles. The number of rotatable bonds is 5. The van der Waals surface area contributed by atoms with E-state index >= 15 is 0 Å². The number of nitro groups is 1. The van der Waals surface area contributed by atoms with E-state index in [4.69, 9.17) is 0 Å². The molecule has 116 valence electrons. The third-order valence-corrected chi connectivity index (χ3v) is 4.56. The fourth-order valence-corrected chi connectivity index (χ4v) is 3.39. The summed E-state index contributed by atoms with van der Waals surface area (Å²) in [6, 6.07) is 5.91. The lowest BCUT2D eigenvalue weighted by Crippen LogP contribution is -2.32. The number of benzene rings is 1. The molecule has 1 fully saturated rings. The maximum atomic E-state index is 11.4. The molecule has 2 atom stereocenters. The van der Waals surface area contributed by atoms with E-state index in [9.17, 15) is 10.1 Å². The lowest BCUT2D eigenvalue weighted by Gasteiger charge is -2.26. The molecule has 0 amide bonds. The Morgan fingerprint density at radius 3 is 2.86 bits per heavy atom. The molecule has 6 heteroatoms. The van der Waals surface area contributed by atoms with Gasteiger partial charge in [0.25, 0.3) is 5.69 Å². The molecule has 1 heterocycles. The second-order valence-electron chi connectivity index (χ2n) is 6.00. The Morgan fingerprint density at radius 1 is 1.52 bits per heavy atom. The summed E-state index contributed by atoms with van der Waals surface area (Å²) < 4.78 is 0.746. The van der Waals surface area contributed by atoms with Crippen LogP contribution in [0.1, 0.15) is 31.9 Å². The van der Waals surface area contributed by atoms with Gasteiger partial charge in [-0.05, 0) is 38.1 Å². The Labute approximate surface area is 134 Å². The maximum absolute atomic E-state index is 11.4. The fraction of sp³-hybridized carbons (Fsp3) is 0.600. The van der Waals surface area contributed by atoms with Gasteiger partial charge in [0.1, 0.15) is 0 Å². The average Bonchev–Trinajstić information content (AvgIpc) is 2.77. The molecule has 5 nitrogen and oxygen atoms in total. The van der Waals surface area contributed by atoms with Crippen molar-refractivity contribution >= 4 is 21.6 Å². The van der Waals surface area contributed by atoms with Crippen LogP contribution >= 0.6 is 15.9 Å². The van der Waals surface area contributed by atoms with Crippen LogP contribution in [0, 0.1) is 16.0 Å². The Morgan fingerprint density at radius 2 is 2.24 bits per heavy atom. The Kier molecular flexibility index (Phi) is 5.35. The van der Waals surface area contributed by atoms with Crippen LogP contribution in [0.5, 0.6) is 0 Å². The van der Waals surface area contributed by atoms with Crippen LogP contribution in [0.15, 0.2) is 22.7 Å². The van der Waals surface area contributed by atoms with Crippen LogP contribution < -0.4 is 5.32 Å². The van der Waals surface area contributed by atoms with E-state index in [1.165, 1.54) is 0 Å². The molecule has 1 N–H and O–H groups in total. The summed E-state index contributed by atoms with van der Waals surface area (Å²) in [5.41, 5.74) is 1.02. The number of nitrogens with one attached hydrogen (secondary N) is 1. The summed E-state index contributed by atoms with van der Waals surface area (Å²) in [5, 5.41) is 14.8. The van der Waals surface area contributed by atoms with E-state index in [0.717, 1.165) is 29.5 Å². The Hall–Kier alpha value is -0.980. The van der Waals surface area contributed by atoms with Gasteiger partial charge in [-0.2, -0.15) is 0 Å². The maximum Gasteiger partial charge on any atom is 0.275 e. The predicted octanol–water partition coefficient (Wildman–Crippen LogP) is 3.35. The van der Waals surface area contributed by atoms with Crippen molar-refractivity contribution in [2.75, 3.05) is 20.1 Å². The van der Waals surface area contributed by atoms with Gasteiger partial charge in [0.05, 0.1) is 4.92 Å². The predicted molar refractivity (Wildman–Crippen MR) is 87.4 cm³/mol. The van der Waals surface area contributed by atoms with Gasteiger partial charge in [0.2, 0.25) is 0 Å². The molecule has 0 bridgehead atoms. The van der Waals surface area contributed by atoms with E-state index in [-0.39, 0.29) is 16.7 Å². The highest BCUT2D eigenvalue weighted by molar-refractivity contribution is 9.10. The van der Waals surface area contributed by atoms with Crippen LogP contribution in [0.3, 0.4) is 0 Å². The van der Waals surface area contributed by atoms with Crippen LogP contribution in [0.4, 0.5) is 5.69 Å². The first-order valence-electron chi connectivity index (χ1n) is 7.27. The SMILES string of the molecule is CC(C)NCC1CCN(C)C1c1ccc(Br)cc1[N+](=O)[O-]. The highest BCUT2D eigenvalue weighted by Crippen LogP contribution is 2.40. The standard InChI is InChI=1S/C15H22BrN3O2/c1-10(2)17-9-11-6-7-18(3)15(11)13-5-4-12(16)8-14(13)19(20)21/h4-5,8,10-11,15,17H,6-7,9H2,1-3H3. The largest absolute Gasteiger partial charge is 0.314 e. The third kappa shape index (κ3) is 3.81. The summed E-state index contributed by atoms with van der Waals surface area (Å²) in [4.78, 5) is 13.3. The molecule has 1 aromatic rings. The summed E-state index contributed by atoms with van der Waals surface area (Å²) in [6.07, 6.45) is 1.06. The molecule has 0 spiro atoms. The van der Waals surface area contributed by atoms with Gasteiger partial charge >= 0.3 is 0 Å². The van der Waals surface area contributed by atoms with Crippen molar-refractivity contribution in [3.05, 3.63) is 38.3 Å². The quantitative estimate of drug-likeness (QED) is 0.649. The molecule has 1 aliphatic heterocycles. The van der Waals surface area contributed by atoms with Gasteiger partial charge in [-0.25, -0.2) is 0 Å². The monoisotopic (exact) mass is 355 g/mol. The molecule has 0 aliphatic carbocycles. The van der Waals surface area contributed by atoms with Crippen molar-refractivity contribution in [1.29, 1.82) is 0 Å². The van der Waals surface area contributed by atoms with E-state index < -0.39 is 0 Å². The molecule has 1 saturated heterocycles. The summed E-state index contributed by atoms with van der Waals surface area (Å²) >= 11 is 3.32. The average molecular weight is 356 g/mol. The van der Waals surface area contributed by atoms with Crippen LogP contribution in [-0.4, -0.2) is 36.0 Å². The van der Waals surface area contributed by atoms with E-state index in [2.05, 4.69) is 40.0 Å². The molecule has 0 radical (unpaired) electrons. The third-order valence-electron chi connectivity index (χ3n) is 4.07. The second-order valence-corrected chi connectivity index (χ2v) is 6.91. The highest BCUT2D eigenvalue weighted by Gasteiger charge is 2.36. The summed E-state index contributed by atoms with van der Waals surface area (Å²) in [7, 11) is 2.05. The normalized spacial score (nSPS) is 22.9. The second kappa shape index (κ2) is 6.85. The Bertz CT molecular complexity index is 522. The molecule has 2 rings (SSSR count). The first kappa shape index (κ1) is 16.4. The van der Waals surface area contributed by atoms with Crippen molar-refractivity contribution in [3.63, 3.8) is 0 Å². The number of nitro benzene ring substituents is 1. The highest BCUT2D eigenvalue weighted by atomic mass is 79.9. The zero-order valence-corrected chi connectivity index (χ0v) is 14.3. The van der Waals surface area contributed by atoms with E-state index in [1.807, 2.05) is 19.2 Å². The van der Waals surface area contributed by atoms with Gasteiger partial charge in [-0.1, -0.05) is 29.8 Å². The zero-order valence-electron chi connectivity index (χ0n) is 12.7. The van der Waals surface area contributed by atoms with Crippen molar-refractivity contribution in [2.45, 2.75) is 32.4 Å². The van der Waals surface area contributed by atoms with Crippen molar-refractivity contribution in [1.82, 2.24) is 10.2 Å². The molecule has 21 heavy (non-hydrogen) atoms. The van der Waals surface area contributed by atoms with Gasteiger partial charge in [0, 0.05) is 34.7 Å². The number of likely N-dealkylation sites (tertiary alicyclic amines) is 1. The van der Waals surface area contributed by atoms with Crippen LogP contribution in [-0.2, 0) is 0 Å². The van der Waals surface area contributed by atoms with Crippen molar-refractivity contribution < 1.29 is 4.92 Å². The number of hydrogen-bond donors (Lipinski definition) is 1. The van der Waals surface area contributed by atoms with Gasteiger partial charge in [0.15, 0.2) is 0 Å². The fourth-order valence-electron chi connectivity index (χ4n) is 3.04. The lowest BCUT2D eigenvalue weighted by atomic mass is 9.92. The number of halogens is 1. The number of hydrogen-bond acceptors (Lipinski definition) is 4. The molecule has 1 aromatic carbocycles. The summed E-state index contributed by atoms with van der Waals surface area (Å²) in [6.45, 7) is 6.10. The number of nitrogens with zero attached hydrogens (tertiary/aromatic N) is 2. The van der Waals surface area contributed by atoms with E-state index in [1.54, 1.807) is 6.07 Å². The van der Waals surface area contributed by atoms with Crippen molar-refractivity contribution in [2.24, 2.45) is 5.92 Å². The first-order valence-corrected chi connectivity index (χ1v) is 8.07. The van der Waals surface area contributed by atoms with Crippen LogP contribution in [0.2, 0.25) is 0 Å². The van der Waals surface area contributed by atoms with Gasteiger partial charge in [-0.3, -0.25) is 15.0 Å². The van der Waals surface area contributed by atoms with Gasteiger partial charge < -0.3 is 5.32 Å². The molecule has 0 aromatic heterocycles. The first-order chi connectivity index (χ1) is 9.90. The topological polar surface area (TPSA) is 58.4 Å². The Balaban J connectivity index is 2.31. The van der Waals surface area contributed by atoms with E-state index in [0.29, 0.717) is 12.0 Å². The molecule has 2 unspecified atom stereocenters. The smallest absolute Gasteiger partial charge is 0.275 e. The molecular formula is C15H22BrN3O2. The van der Waals surface area contributed by atoms with Gasteiger partial charge in [-0.15, -0.1) is 0 Å². The molecular weight excluding hydrogens is 334 g/mol. The molecule has 1 aliphatic rings. The van der Waals surface area contributed by atoms with Crippen molar-refractivity contribution in [3.8, 4) is 0 Å². The van der Waals surface area contributed by atoms with Crippen LogP contribution in [0.25, 0.3) is 0 Å². The zero-order chi connectivity index (χ0) is 15.6. The minimum absolute atomic E-state index is 0.102. The minimum atomic E-state index is -0.279. The lowest BCUT2D eigenvalue weighted by molar-refractivity contribution is -0.386.